The van der Waals surface area contributed by atoms with Gasteiger partial charge in [0.2, 0.25) is 5.91 Å². The molecule has 2 rings (SSSR count). The van der Waals surface area contributed by atoms with Gasteiger partial charge in [-0.1, -0.05) is 6.42 Å². The molecule has 2 heterocycles. The molecule has 0 aromatic carbocycles. The molecular formula is C15H27N5OS. The van der Waals surface area contributed by atoms with Gasteiger partial charge < -0.3 is 10.6 Å². The van der Waals surface area contributed by atoms with Crippen LogP contribution in [0.25, 0.3) is 0 Å². The lowest BCUT2D eigenvalue weighted by Crippen LogP contribution is -2.52. The minimum Gasteiger partial charge on any atom is -0.330 e. The van der Waals surface area contributed by atoms with Crippen molar-refractivity contribution >= 4 is 17.2 Å². The number of carbonyl (C=O) groups excluding carboxylic acids is 1. The van der Waals surface area contributed by atoms with Gasteiger partial charge in [0.15, 0.2) is 0 Å². The number of rotatable bonds is 8. The highest BCUT2D eigenvalue weighted by molar-refractivity contribution is 7.09. The van der Waals surface area contributed by atoms with Crippen molar-refractivity contribution in [1.82, 2.24) is 20.3 Å². The predicted molar refractivity (Wildman–Crippen MR) is 89.6 cm³/mol. The zero-order chi connectivity index (χ0) is 15.8. The number of hydrazine groups is 1. The molecule has 0 atom stereocenters. The first-order chi connectivity index (χ1) is 10.7. The van der Waals surface area contributed by atoms with Crippen molar-refractivity contribution in [2.24, 2.45) is 5.73 Å². The molecule has 6 nitrogen and oxygen atoms in total. The van der Waals surface area contributed by atoms with Crippen LogP contribution in [0.15, 0.2) is 5.38 Å². The summed E-state index contributed by atoms with van der Waals surface area (Å²) in [4.78, 5) is 18.9. The van der Waals surface area contributed by atoms with E-state index in [0.29, 0.717) is 6.42 Å². The summed E-state index contributed by atoms with van der Waals surface area (Å²) in [6, 6.07) is 0. The van der Waals surface area contributed by atoms with E-state index >= 15 is 0 Å². The Morgan fingerprint density at radius 1 is 1.32 bits per heavy atom. The number of aryl methyl sites for hydroxylation is 1. The summed E-state index contributed by atoms with van der Waals surface area (Å²) >= 11 is 1.65. The van der Waals surface area contributed by atoms with Crippen LogP contribution in [0.1, 0.15) is 30.0 Å². The third kappa shape index (κ3) is 6.00. The lowest BCUT2D eigenvalue weighted by Gasteiger charge is -2.32. The van der Waals surface area contributed by atoms with E-state index in [-0.39, 0.29) is 5.91 Å². The van der Waals surface area contributed by atoms with Crippen molar-refractivity contribution < 1.29 is 4.79 Å². The number of hydrogen-bond acceptors (Lipinski definition) is 6. The van der Waals surface area contributed by atoms with Crippen LogP contribution >= 0.6 is 11.3 Å². The first kappa shape index (κ1) is 17.3. The molecule has 0 bridgehead atoms. The standard InChI is InChI=1S/C15H27N5OS/c1-19-7-9-20(10-8-19)18-14(21)11-13-12-22-15(17-13)5-3-2-4-6-16/h12H,2-11,16H2,1H3,(H,18,21). The zero-order valence-electron chi connectivity index (χ0n) is 13.4. The largest absolute Gasteiger partial charge is 0.330 e. The SMILES string of the molecule is CN1CCN(NC(=O)Cc2csc(CCCCCN)n2)CC1. The lowest BCUT2D eigenvalue weighted by molar-refractivity contribution is -0.126. The normalized spacial score (nSPS) is 16.8. The number of nitrogens with two attached hydrogens (primary N) is 1. The van der Waals surface area contributed by atoms with Crippen LogP contribution in [0.4, 0.5) is 0 Å². The van der Waals surface area contributed by atoms with Crippen molar-refractivity contribution in [1.29, 1.82) is 0 Å². The summed E-state index contributed by atoms with van der Waals surface area (Å²) in [5.41, 5.74) is 9.34. The van der Waals surface area contributed by atoms with Crippen molar-refractivity contribution in [3.8, 4) is 0 Å². The maximum Gasteiger partial charge on any atom is 0.240 e. The first-order valence-corrected chi connectivity index (χ1v) is 8.91. The number of thiazole rings is 1. The van der Waals surface area contributed by atoms with E-state index in [9.17, 15) is 4.79 Å². The second-order valence-corrected chi connectivity index (χ2v) is 6.78. The maximum atomic E-state index is 12.1. The minimum absolute atomic E-state index is 0.0320. The van der Waals surface area contributed by atoms with Crippen molar-refractivity contribution in [2.45, 2.75) is 32.1 Å². The van der Waals surface area contributed by atoms with Gasteiger partial charge in [0, 0.05) is 31.6 Å². The van der Waals surface area contributed by atoms with Crippen LogP contribution in [-0.4, -0.2) is 60.6 Å². The number of hydrogen-bond donors (Lipinski definition) is 2. The van der Waals surface area contributed by atoms with E-state index in [1.807, 2.05) is 10.4 Å². The fourth-order valence-electron chi connectivity index (χ4n) is 2.44. The summed E-state index contributed by atoms with van der Waals surface area (Å²) in [6.07, 6.45) is 4.70. The van der Waals surface area contributed by atoms with Gasteiger partial charge in [-0.05, 0) is 32.9 Å². The predicted octanol–water partition coefficient (Wildman–Crippen LogP) is 0.636. The number of likely N-dealkylation sites (N-methyl/N-ethyl adjacent to an activating group) is 1. The third-order valence-electron chi connectivity index (χ3n) is 3.82. The number of nitrogens with zero attached hydrogens (tertiary/aromatic N) is 3. The van der Waals surface area contributed by atoms with Gasteiger partial charge in [-0.15, -0.1) is 11.3 Å². The second kappa shape index (κ2) is 9.19. The van der Waals surface area contributed by atoms with Crippen LogP contribution in [0.2, 0.25) is 0 Å². The molecule has 1 aromatic rings. The highest BCUT2D eigenvalue weighted by atomic mass is 32.1. The minimum atomic E-state index is 0.0320. The van der Waals surface area contributed by atoms with Crippen LogP contribution in [0, 0.1) is 0 Å². The van der Waals surface area contributed by atoms with E-state index in [0.717, 1.165) is 69.1 Å². The van der Waals surface area contributed by atoms with Gasteiger partial charge in [0.25, 0.3) is 0 Å². The molecule has 0 aliphatic carbocycles. The molecule has 0 radical (unpaired) electrons. The average Bonchev–Trinajstić information content (AvgIpc) is 2.93. The van der Waals surface area contributed by atoms with E-state index in [1.54, 1.807) is 11.3 Å². The number of piperazine rings is 1. The summed E-state index contributed by atoms with van der Waals surface area (Å²) in [6.45, 7) is 4.50. The van der Waals surface area contributed by atoms with Crippen molar-refractivity contribution in [2.75, 3.05) is 39.8 Å². The Bertz CT molecular complexity index is 457. The monoisotopic (exact) mass is 325 g/mol. The zero-order valence-corrected chi connectivity index (χ0v) is 14.2. The number of unbranched alkanes of at least 4 members (excludes halogenated alkanes) is 2. The Kier molecular flexibility index (Phi) is 7.24. The quantitative estimate of drug-likeness (QED) is 0.686. The molecular weight excluding hydrogens is 298 g/mol. The Morgan fingerprint density at radius 2 is 2.09 bits per heavy atom. The Labute approximate surface area is 136 Å². The molecule has 1 amide bonds. The molecule has 124 valence electrons. The molecule has 3 N–H and O–H groups in total. The molecule has 7 heteroatoms. The fourth-order valence-corrected chi connectivity index (χ4v) is 3.28. The van der Waals surface area contributed by atoms with Crippen LogP contribution in [-0.2, 0) is 17.6 Å². The van der Waals surface area contributed by atoms with Crippen molar-refractivity contribution in [3.63, 3.8) is 0 Å². The Morgan fingerprint density at radius 3 is 2.82 bits per heavy atom. The summed E-state index contributed by atoms with van der Waals surface area (Å²) in [5.74, 6) is 0.0320. The van der Waals surface area contributed by atoms with Crippen LogP contribution < -0.4 is 11.2 Å². The lowest BCUT2D eigenvalue weighted by atomic mass is 10.2. The van der Waals surface area contributed by atoms with Crippen molar-refractivity contribution in [3.05, 3.63) is 16.1 Å². The molecule has 1 aromatic heterocycles. The third-order valence-corrected chi connectivity index (χ3v) is 4.78. The summed E-state index contributed by atoms with van der Waals surface area (Å²) in [7, 11) is 2.10. The summed E-state index contributed by atoms with van der Waals surface area (Å²) in [5, 5.41) is 5.13. The van der Waals surface area contributed by atoms with Gasteiger partial charge in [-0.25, -0.2) is 9.99 Å². The molecule has 1 aliphatic heterocycles. The first-order valence-electron chi connectivity index (χ1n) is 8.03. The Hall–Kier alpha value is -1.02. The van der Waals surface area contributed by atoms with Gasteiger partial charge in [0.1, 0.15) is 0 Å². The average molecular weight is 325 g/mol. The molecule has 0 unspecified atom stereocenters. The Balaban J connectivity index is 1.69. The topological polar surface area (TPSA) is 74.5 Å². The molecule has 1 saturated heterocycles. The number of carbonyl (C=O) groups is 1. The second-order valence-electron chi connectivity index (χ2n) is 5.83. The van der Waals surface area contributed by atoms with Gasteiger partial charge in [0.05, 0.1) is 17.1 Å². The molecule has 1 fully saturated rings. The van der Waals surface area contributed by atoms with E-state index in [4.69, 9.17) is 5.73 Å². The van der Waals surface area contributed by atoms with Gasteiger partial charge in [-0.2, -0.15) is 0 Å². The smallest absolute Gasteiger partial charge is 0.240 e. The number of nitrogens with one attached hydrogen (secondary N) is 1. The molecule has 0 saturated carbocycles. The molecule has 1 aliphatic rings. The van der Waals surface area contributed by atoms with Gasteiger partial charge in [-0.3, -0.25) is 10.2 Å². The van der Waals surface area contributed by atoms with Crippen LogP contribution in [0.5, 0.6) is 0 Å². The van der Waals surface area contributed by atoms with Gasteiger partial charge >= 0.3 is 0 Å². The number of aromatic nitrogens is 1. The van der Waals surface area contributed by atoms with E-state index < -0.39 is 0 Å². The summed E-state index contributed by atoms with van der Waals surface area (Å²) < 4.78 is 0. The van der Waals surface area contributed by atoms with E-state index in [2.05, 4.69) is 22.4 Å². The maximum absolute atomic E-state index is 12.1. The fraction of sp³-hybridized carbons (Fsp3) is 0.733. The molecule has 0 spiro atoms. The highest BCUT2D eigenvalue weighted by Gasteiger charge is 2.16. The van der Waals surface area contributed by atoms with E-state index in [1.165, 1.54) is 0 Å². The highest BCUT2D eigenvalue weighted by Crippen LogP contribution is 2.13. The molecule has 22 heavy (non-hydrogen) atoms. The van der Waals surface area contributed by atoms with Crippen LogP contribution in [0.3, 0.4) is 0 Å². The number of amides is 1.